The van der Waals surface area contributed by atoms with E-state index in [0.29, 0.717) is 28.3 Å². The van der Waals surface area contributed by atoms with Gasteiger partial charge in [-0.25, -0.2) is 9.69 Å². The van der Waals surface area contributed by atoms with Gasteiger partial charge in [0.05, 0.1) is 63.3 Å². The molecule has 14 rings (SSSR count). The predicted octanol–water partition coefficient (Wildman–Crippen LogP) is 18.7. The first-order valence-electron chi connectivity index (χ1n) is 24.5. The van der Waals surface area contributed by atoms with Gasteiger partial charge in [-0.05, 0) is 99.1 Å². The molecule has 0 aliphatic rings. The highest BCUT2D eigenvalue weighted by Crippen LogP contribution is 2.55. The molecule has 5 nitrogen and oxygen atoms in total. The number of para-hydroxylation sites is 3. The van der Waals surface area contributed by atoms with Crippen LogP contribution in [0.2, 0.25) is 0 Å². The van der Waals surface area contributed by atoms with Crippen molar-refractivity contribution in [1.82, 2.24) is 13.7 Å². The zero-order valence-corrected chi connectivity index (χ0v) is 39.4. The minimum atomic E-state index is 0.393. The SMILES string of the molecule is [C-]#[N+]c1c(-c2ccccc2)c([N+]#[C-])c(-n2c3ccccc3c3cc(-c4ccccc4)ccc32)c(-n2c3ccccc3c3cc(-c4ccccc4)ccc32)c1-n1c2ccccc2c2cc(-c3ccccc3)ccc21. The number of nitrogens with zero attached hydrogens (tertiary/aromatic N) is 5. The molecule has 0 amide bonds. The summed E-state index contributed by atoms with van der Waals surface area (Å²) in [4.78, 5) is 9.26. The van der Waals surface area contributed by atoms with Crippen molar-refractivity contribution in [3.8, 4) is 61.6 Å². The Morgan fingerprint density at radius 3 is 0.836 bits per heavy atom. The van der Waals surface area contributed by atoms with E-state index in [1.165, 1.54) is 0 Å². The van der Waals surface area contributed by atoms with Crippen molar-refractivity contribution in [2.45, 2.75) is 0 Å². The molecule has 3 heterocycles. The molecule has 73 heavy (non-hydrogen) atoms. The maximum Gasteiger partial charge on any atom is 0.210 e. The second-order valence-electron chi connectivity index (χ2n) is 18.6. The summed E-state index contributed by atoms with van der Waals surface area (Å²) in [7, 11) is 0. The molecule has 0 aliphatic carbocycles. The lowest BCUT2D eigenvalue weighted by atomic mass is 9.96. The molecule has 0 fully saturated rings. The number of hydrogen-bond donors (Lipinski definition) is 0. The maximum atomic E-state index is 9.49. The van der Waals surface area contributed by atoms with Crippen molar-refractivity contribution in [3.63, 3.8) is 0 Å². The summed E-state index contributed by atoms with van der Waals surface area (Å²) in [6, 6.07) is 87.3. The highest BCUT2D eigenvalue weighted by atomic mass is 15.1. The lowest BCUT2D eigenvalue weighted by Gasteiger charge is -2.27. The first-order valence-corrected chi connectivity index (χ1v) is 24.5. The molecule has 14 aromatic rings. The number of aromatic nitrogens is 3. The number of rotatable bonds is 7. The van der Waals surface area contributed by atoms with Gasteiger partial charge in [-0.15, -0.1) is 0 Å². The lowest BCUT2D eigenvalue weighted by molar-refractivity contribution is 1.06. The molecule has 3 aromatic heterocycles. The Morgan fingerprint density at radius 1 is 0.233 bits per heavy atom. The van der Waals surface area contributed by atoms with Crippen LogP contribution in [0.25, 0.3) is 137 Å². The molecule has 5 heteroatoms. The van der Waals surface area contributed by atoms with Crippen LogP contribution < -0.4 is 0 Å². The van der Waals surface area contributed by atoms with E-state index in [-0.39, 0.29) is 0 Å². The van der Waals surface area contributed by atoms with Crippen molar-refractivity contribution in [3.05, 3.63) is 272 Å². The molecule has 0 bridgehead atoms. The standard InChI is InChI=1S/C68H41N5/c1-69-64-63(47-27-13-6-14-28-47)65(70-2)67(72-58-33-19-16-30-52(58)55-42-49(36-39-61(55)72)45-23-9-4-10-24-45)68(73-59-34-20-17-31-53(59)56-43-50(37-40-62(56)73)46-25-11-5-12-26-46)66(64)71-57-32-18-15-29-51(57)54-41-48(35-38-60(54)71)44-21-7-3-8-22-44/h3-43H. The van der Waals surface area contributed by atoms with E-state index in [1.54, 1.807) is 0 Å². The van der Waals surface area contributed by atoms with E-state index < -0.39 is 0 Å². The molecule has 0 saturated heterocycles. The van der Waals surface area contributed by atoms with Crippen LogP contribution in [0.1, 0.15) is 0 Å². The van der Waals surface area contributed by atoms with E-state index in [1.807, 2.05) is 48.5 Å². The van der Waals surface area contributed by atoms with Gasteiger partial charge in [0.15, 0.2) is 0 Å². The van der Waals surface area contributed by atoms with Crippen molar-refractivity contribution in [1.29, 1.82) is 0 Å². The smallest absolute Gasteiger partial charge is 0.210 e. The van der Waals surface area contributed by atoms with Crippen LogP contribution in [0.5, 0.6) is 0 Å². The van der Waals surface area contributed by atoms with Crippen LogP contribution in [-0.2, 0) is 0 Å². The Kier molecular flexibility index (Phi) is 9.58. The fourth-order valence-electron chi connectivity index (χ4n) is 11.5. The molecular formula is C68H41N5. The molecule has 0 saturated carbocycles. The van der Waals surface area contributed by atoms with E-state index in [0.717, 1.165) is 110 Å². The first-order chi connectivity index (χ1) is 36.2. The summed E-state index contributed by atoms with van der Waals surface area (Å²) >= 11 is 0. The third kappa shape index (κ3) is 6.40. The fourth-order valence-corrected chi connectivity index (χ4v) is 11.5. The second kappa shape index (κ2) is 16.7. The van der Waals surface area contributed by atoms with Crippen LogP contribution in [0, 0.1) is 13.1 Å². The Hall–Kier alpha value is -10.2. The molecule has 11 aromatic carbocycles. The van der Waals surface area contributed by atoms with E-state index in [4.69, 9.17) is 0 Å². The van der Waals surface area contributed by atoms with Gasteiger partial charge in [0, 0.05) is 32.3 Å². The van der Waals surface area contributed by atoms with Gasteiger partial charge in [-0.1, -0.05) is 194 Å². The monoisotopic (exact) mass is 927 g/mol. The van der Waals surface area contributed by atoms with Gasteiger partial charge in [0.25, 0.3) is 0 Å². The number of fused-ring (bicyclic) bond motifs is 9. The molecule has 0 aliphatic heterocycles. The average Bonchev–Trinajstić information content (AvgIpc) is 4.12. The number of benzene rings is 11. The second-order valence-corrected chi connectivity index (χ2v) is 18.6. The van der Waals surface area contributed by atoms with Crippen molar-refractivity contribution in [2.24, 2.45) is 0 Å². The average molecular weight is 928 g/mol. The van der Waals surface area contributed by atoms with Crippen LogP contribution in [0.3, 0.4) is 0 Å². The van der Waals surface area contributed by atoms with Gasteiger partial charge in [0.1, 0.15) is 0 Å². The van der Waals surface area contributed by atoms with E-state index >= 15 is 0 Å². The van der Waals surface area contributed by atoms with Crippen LogP contribution >= 0.6 is 0 Å². The fraction of sp³-hybridized carbons (Fsp3) is 0. The van der Waals surface area contributed by atoms with Crippen LogP contribution in [0.4, 0.5) is 11.4 Å². The maximum absolute atomic E-state index is 9.49. The molecule has 0 radical (unpaired) electrons. The highest BCUT2D eigenvalue weighted by molar-refractivity contribution is 6.18. The highest BCUT2D eigenvalue weighted by Gasteiger charge is 2.33. The summed E-state index contributed by atoms with van der Waals surface area (Å²) in [5.41, 5.74) is 16.7. The molecule has 0 N–H and O–H groups in total. The summed E-state index contributed by atoms with van der Waals surface area (Å²) < 4.78 is 6.97. The Balaban J connectivity index is 1.23. The summed E-state index contributed by atoms with van der Waals surface area (Å²) in [5, 5.41) is 6.40. The van der Waals surface area contributed by atoms with Gasteiger partial charge in [-0.2, -0.15) is 0 Å². The van der Waals surface area contributed by atoms with Gasteiger partial charge >= 0.3 is 0 Å². The van der Waals surface area contributed by atoms with Crippen molar-refractivity contribution in [2.75, 3.05) is 0 Å². The minimum Gasteiger partial charge on any atom is -0.317 e. The summed E-state index contributed by atoms with van der Waals surface area (Å²) in [6.45, 7) is 19.0. The molecule has 0 atom stereocenters. The largest absolute Gasteiger partial charge is 0.317 e. The minimum absolute atomic E-state index is 0.393. The van der Waals surface area contributed by atoms with Crippen molar-refractivity contribution >= 4 is 76.8 Å². The predicted molar refractivity (Wildman–Crippen MR) is 304 cm³/mol. The Labute approximate surface area is 421 Å². The third-order valence-electron chi connectivity index (χ3n) is 14.7. The van der Waals surface area contributed by atoms with E-state index in [9.17, 15) is 13.1 Å². The van der Waals surface area contributed by atoms with Gasteiger partial charge in [0.2, 0.25) is 11.4 Å². The zero-order valence-electron chi connectivity index (χ0n) is 39.4. The molecular weight excluding hydrogens is 887 g/mol. The first kappa shape index (κ1) is 41.7. The van der Waals surface area contributed by atoms with E-state index in [2.05, 4.69) is 224 Å². The van der Waals surface area contributed by atoms with Crippen LogP contribution in [0.15, 0.2) is 249 Å². The molecule has 338 valence electrons. The number of hydrogen-bond acceptors (Lipinski definition) is 0. The molecule has 0 unspecified atom stereocenters. The third-order valence-corrected chi connectivity index (χ3v) is 14.7. The topological polar surface area (TPSA) is 23.5 Å². The van der Waals surface area contributed by atoms with Gasteiger partial charge in [-0.3, -0.25) is 0 Å². The lowest BCUT2D eigenvalue weighted by Crippen LogP contribution is -2.11. The summed E-state index contributed by atoms with van der Waals surface area (Å²) in [5.74, 6) is 0. The van der Waals surface area contributed by atoms with Crippen LogP contribution in [-0.4, -0.2) is 13.7 Å². The summed E-state index contributed by atoms with van der Waals surface area (Å²) in [6.07, 6.45) is 0. The molecule has 0 spiro atoms. The van der Waals surface area contributed by atoms with Gasteiger partial charge < -0.3 is 13.7 Å². The Bertz CT molecular complexity index is 4410. The zero-order chi connectivity index (χ0) is 48.6. The quantitative estimate of drug-likeness (QED) is 0.142. The Morgan fingerprint density at radius 2 is 0.507 bits per heavy atom. The normalized spacial score (nSPS) is 11.5. The van der Waals surface area contributed by atoms with Crippen molar-refractivity contribution < 1.29 is 0 Å².